The molecule has 0 fully saturated rings. The summed E-state index contributed by atoms with van der Waals surface area (Å²) in [6, 6.07) is 0. The second-order valence-corrected chi connectivity index (χ2v) is 7.15. The Kier molecular flexibility index (Phi) is 9.82. The van der Waals surface area contributed by atoms with Crippen molar-refractivity contribution in [1.82, 2.24) is 15.6 Å². The normalized spacial score (nSPS) is 11.9. The Labute approximate surface area is 147 Å². The molecule has 0 spiro atoms. The molecule has 7 heteroatoms. The first-order chi connectivity index (χ1) is 8.97. The Morgan fingerprint density at radius 1 is 1.40 bits per heavy atom. The minimum atomic E-state index is 0. The van der Waals surface area contributed by atoms with Crippen LogP contribution in [0.3, 0.4) is 0 Å². The first-order valence-corrected chi connectivity index (χ1v) is 8.63. The van der Waals surface area contributed by atoms with Gasteiger partial charge in [0, 0.05) is 30.1 Å². The fraction of sp³-hybridized carbons (Fsp3) is 0.692. The molecule has 0 unspecified atom stereocenters. The summed E-state index contributed by atoms with van der Waals surface area (Å²) in [5.41, 5.74) is 1.27. The lowest BCUT2D eigenvalue weighted by molar-refractivity contribution is 0.570. The van der Waals surface area contributed by atoms with Crippen molar-refractivity contribution in [3.05, 3.63) is 16.1 Å². The largest absolute Gasteiger partial charge is 0.356 e. The smallest absolute Gasteiger partial charge is 0.191 e. The third-order valence-electron chi connectivity index (χ3n) is 2.55. The van der Waals surface area contributed by atoms with Gasteiger partial charge in [-0.15, -0.1) is 35.3 Å². The van der Waals surface area contributed by atoms with Crippen LogP contribution >= 0.6 is 47.1 Å². The maximum atomic E-state index is 4.65. The first kappa shape index (κ1) is 20.0. The zero-order valence-electron chi connectivity index (χ0n) is 12.8. The highest BCUT2D eigenvalue weighted by molar-refractivity contribution is 14.0. The van der Waals surface area contributed by atoms with E-state index in [-0.39, 0.29) is 29.4 Å². The molecule has 0 aliphatic carbocycles. The molecule has 0 amide bonds. The standard InChI is InChI=1S/C13H24N4S2.HI/c1-13(2,3)10-9-19-11(17-10)8-16-12(14-4)15-6-7-18-5;/h9H,6-8H2,1-5H3,(H2,14,15,16);1H. The third kappa shape index (κ3) is 7.12. The molecule has 1 aromatic rings. The van der Waals surface area contributed by atoms with Crippen molar-refractivity contribution in [3.63, 3.8) is 0 Å². The zero-order valence-corrected chi connectivity index (χ0v) is 16.8. The Bertz CT molecular complexity index is 413. The summed E-state index contributed by atoms with van der Waals surface area (Å²) < 4.78 is 0. The predicted molar refractivity (Wildman–Crippen MR) is 103 cm³/mol. The molecule has 0 aliphatic rings. The number of aromatic nitrogens is 1. The van der Waals surface area contributed by atoms with Gasteiger partial charge in [-0.2, -0.15) is 11.8 Å². The maximum Gasteiger partial charge on any atom is 0.191 e. The summed E-state index contributed by atoms with van der Waals surface area (Å²) in [6.07, 6.45) is 2.10. The lowest BCUT2D eigenvalue weighted by Gasteiger charge is -2.14. The molecule has 0 radical (unpaired) electrons. The van der Waals surface area contributed by atoms with Gasteiger partial charge in [-0.05, 0) is 6.26 Å². The maximum absolute atomic E-state index is 4.65. The average Bonchev–Trinajstić information content (AvgIpc) is 2.82. The number of nitrogens with one attached hydrogen (secondary N) is 2. The van der Waals surface area contributed by atoms with Gasteiger partial charge in [0.25, 0.3) is 0 Å². The molecule has 0 saturated heterocycles. The van der Waals surface area contributed by atoms with Crippen molar-refractivity contribution >= 4 is 53.0 Å². The van der Waals surface area contributed by atoms with E-state index in [4.69, 9.17) is 0 Å². The van der Waals surface area contributed by atoms with Crippen molar-refractivity contribution < 1.29 is 0 Å². The van der Waals surface area contributed by atoms with Crippen molar-refractivity contribution in [1.29, 1.82) is 0 Å². The number of rotatable bonds is 5. The van der Waals surface area contributed by atoms with E-state index in [2.05, 4.69) is 53.0 Å². The highest BCUT2D eigenvalue weighted by Gasteiger charge is 2.17. The molecule has 0 atom stereocenters. The van der Waals surface area contributed by atoms with Crippen LogP contribution in [0.2, 0.25) is 0 Å². The SMILES string of the molecule is CN=C(NCCSC)NCc1nc(C(C)(C)C)cs1.I. The molecule has 116 valence electrons. The number of nitrogens with zero attached hydrogens (tertiary/aromatic N) is 2. The van der Waals surface area contributed by atoms with Crippen LogP contribution in [-0.4, -0.2) is 36.5 Å². The predicted octanol–water partition coefficient (Wildman–Crippen LogP) is 3.09. The van der Waals surface area contributed by atoms with E-state index in [1.165, 1.54) is 0 Å². The fourth-order valence-electron chi connectivity index (χ4n) is 1.39. The fourth-order valence-corrected chi connectivity index (χ4v) is 2.65. The highest BCUT2D eigenvalue weighted by atomic mass is 127. The Hall–Kier alpha value is -0.0200. The van der Waals surface area contributed by atoms with Gasteiger partial charge in [0.2, 0.25) is 0 Å². The molecule has 1 heterocycles. The van der Waals surface area contributed by atoms with E-state index in [0.717, 1.165) is 35.5 Å². The molecule has 0 saturated carbocycles. The summed E-state index contributed by atoms with van der Waals surface area (Å²) in [5, 5.41) is 9.79. The van der Waals surface area contributed by atoms with Gasteiger partial charge in [-0.25, -0.2) is 4.98 Å². The Balaban J connectivity index is 0.00000361. The average molecular weight is 428 g/mol. The molecule has 1 aromatic heterocycles. The van der Waals surface area contributed by atoms with Crippen molar-refractivity contribution in [2.24, 2.45) is 4.99 Å². The lowest BCUT2D eigenvalue weighted by Crippen LogP contribution is -2.37. The molecule has 0 bridgehead atoms. The Morgan fingerprint density at radius 2 is 2.10 bits per heavy atom. The molecule has 2 N–H and O–H groups in total. The minimum Gasteiger partial charge on any atom is -0.356 e. The topological polar surface area (TPSA) is 49.3 Å². The van der Waals surface area contributed by atoms with Crippen LogP contribution in [0.25, 0.3) is 0 Å². The molecule has 0 aromatic carbocycles. The van der Waals surface area contributed by atoms with E-state index < -0.39 is 0 Å². The monoisotopic (exact) mass is 428 g/mol. The lowest BCUT2D eigenvalue weighted by atomic mass is 9.93. The van der Waals surface area contributed by atoms with Crippen LogP contribution in [0.15, 0.2) is 10.4 Å². The van der Waals surface area contributed by atoms with E-state index in [9.17, 15) is 0 Å². The summed E-state index contributed by atoms with van der Waals surface area (Å²) in [5.74, 6) is 1.91. The molecule has 1 rings (SSSR count). The van der Waals surface area contributed by atoms with E-state index >= 15 is 0 Å². The molecule has 4 nitrogen and oxygen atoms in total. The Morgan fingerprint density at radius 3 is 2.60 bits per heavy atom. The summed E-state index contributed by atoms with van der Waals surface area (Å²) in [6.45, 7) is 8.19. The van der Waals surface area contributed by atoms with Gasteiger partial charge >= 0.3 is 0 Å². The van der Waals surface area contributed by atoms with Crippen LogP contribution in [0.5, 0.6) is 0 Å². The van der Waals surface area contributed by atoms with Crippen molar-refractivity contribution in [3.8, 4) is 0 Å². The van der Waals surface area contributed by atoms with Gasteiger partial charge in [-0.1, -0.05) is 20.8 Å². The van der Waals surface area contributed by atoms with Crippen LogP contribution in [0.4, 0.5) is 0 Å². The van der Waals surface area contributed by atoms with Gasteiger partial charge < -0.3 is 10.6 Å². The van der Waals surface area contributed by atoms with Crippen LogP contribution < -0.4 is 10.6 Å². The number of guanidine groups is 1. The van der Waals surface area contributed by atoms with Gasteiger partial charge in [0.05, 0.1) is 12.2 Å². The molecular formula is C13H25IN4S2. The number of hydrogen-bond donors (Lipinski definition) is 2. The number of thiazole rings is 1. The number of thioether (sulfide) groups is 1. The first-order valence-electron chi connectivity index (χ1n) is 6.35. The van der Waals surface area contributed by atoms with E-state index in [0.29, 0.717) is 0 Å². The second kappa shape index (κ2) is 9.83. The third-order valence-corrected chi connectivity index (χ3v) is 4.01. The van der Waals surface area contributed by atoms with Crippen molar-refractivity contribution in [2.75, 3.05) is 25.6 Å². The van der Waals surface area contributed by atoms with Crippen molar-refractivity contribution in [2.45, 2.75) is 32.7 Å². The van der Waals surface area contributed by atoms with Gasteiger partial charge in [-0.3, -0.25) is 4.99 Å². The van der Waals surface area contributed by atoms with Gasteiger partial charge in [0.1, 0.15) is 5.01 Å². The summed E-state index contributed by atoms with van der Waals surface area (Å²) in [7, 11) is 1.79. The van der Waals surface area contributed by atoms with E-state index in [1.54, 1.807) is 18.4 Å². The summed E-state index contributed by atoms with van der Waals surface area (Å²) >= 11 is 3.52. The second-order valence-electron chi connectivity index (χ2n) is 5.22. The van der Waals surface area contributed by atoms with Crippen LogP contribution in [0, 0.1) is 0 Å². The quantitative estimate of drug-likeness (QED) is 0.328. The summed E-state index contributed by atoms with van der Waals surface area (Å²) in [4.78, 5) is 8.85. The number of hydrogen-bond acceptors (Lipinski definition) is 4. The van der Waals surface area contributed by atoms with Gasteiger partial charge in [0.15, 0.2) is 5.96 Å². The molecular weight excluding hydrogens is 403 g/mol. The molecule has 0 aliphatic heterocycles. The zero-order chi connectivity index (χ0) is 14.3. The highest BCUT2D eigenvalue weighted by Crippen LogP contribution is 2.23. The molecule has 20 heavy (non-hydrogen) atoms. The minimum absolute atomic E-state index is 0. The van der Waals surface area contributed by atoms with Crippen LogP contribution in [-0.2, 0) is 12.0 Å². The van der Waals surface area contributed by atoms with Crippen LogP contribution in [0.1, 0.15) is 31.5 Å². The van der Waals surface area contributed by atoms with E-state index in [1.807, 2.05) is 11.8 Å². The number of halogens is 1. The number of aliphatic imine (C=N–C) groups is 1.